The predicted octanol–water partition coefficient (Wildman–Crippen LogP) is 3.11. The molecule has 0 saturated heterocycles. The summed E-state index contributed by atoms with van der Waals surface area (Å²) in [7, 11) is 0. The maximum absolute atomic E-state index is 9.60. The second-order valence-corrected chi connectivity index (χ2v) is 5.82. The molecule has 0 aromatic carbocycles. The van der Waals surface area contributed by atoms with E-state index in [1.54, 1.807) is 12.5 Å². The molecule has 0 amide bonds. The lowest BCUT2D eigenvalue weighted by molar-refractivity contribution is 0.264. The highest BCUT2D eigenvalue weighted by Crippen LogP contribution is 2.38. The van der Waals surface area contributed by atoms with Gasteiger partial charge in [0.2, 0.25) is 11.7 Å². The van der Waals surface area contributed by atoms with E-state index >= 15 is 0 Å². The molecule has 3 aromatic heterocycles. The first-order chi connectivity index (χ1) is 10.8. The number of imidazole rings is 1. The highest BCUT2D eigenvalue weighted by atomic mass is 16.5. The molecule has 1 aliphatic carbocycles. The smallest absolute Gasteiger partial charge is 0.247 e. The summed E-state index contributed by atoms with van der Waals surface area (Å²) in [6, 6.07) is 6.31. The number of nitriles is 1. The molecule has 4 rings (SSSR count). The molecule has 0 spiro atoms. The number of pyridine rings is 1. The first kappa shape index (κ1) is 13.0. The number of rotatable bonds is 2. The molecule has 0 N–H and O–H groups in total. The molecule has 22 heavy (non-hydrogen) atoms. The Morgan fingerprint density at radius 1 is 1.23 bits per heavy atom. The lowest BCUT2D eigenvalue weighted by Gasteiger charge is -2.26. The molecular formula is C16H15N5O. The third-order valence-corrected chi connectivity index (χ3v) is 4.42. The van der Waals surface area contributed by atoms with Crippen molar-refractivity contribution in [2.75, 3.05) is 0 Å². The summed E-state index contributed by atoms with van der Waals surface area (Å²) in [5.74, 6) is 0.973. The minimum Gasteiger partial charge on any atom is -0.337 e. The molecule has 1 aliphatic rings. The van der Waals surface area contributed by atoms with Gasteiger partial charge < -0.3 is 8.92 Å². The van der Waals surface area contributed by atoms with E-state index in [4.69, 9.17) is 4.52 Å². The SMILES string of the molecule is N#CC1(c2nc(-c3ccc4cncn4c3)no2)CCCCC1. The van der Waals surface area contributed by atoms with Gasteiger partial charge in [-0.15, -0.1) is 0 Å². The molecule has 1 saturated carbocycles. The topological polar surface area (TPSA) is 80.0 Å². The average molecular weight is 293 g/mol. The zero-order valence-corrected chi connectivity index (χ0v) is 12.1. The quantitative estimate of drug-likeness (QED) is 0.725. The molecule has 110 valence electrons. The van der Waals surface area contributed by atoms with E-state index in [1.165, 1.54) is 6.42 Å². The van der Waals surface area contributed by atoms with E-state index in [0.29, 0.717) is 11.7 Å². The van der Waals surface area contributed by atoms with Crippen LogP contribution in [0.3, 0.4) is 0 Å². The molecular weight excluding hydrogens is 278 g/mol. The van der Waals surface area contributed by atoms with Crippen LogP contribution < -0.4 is 0 Å². The maximum atomic E-state index is 9.60. The molecule has 3 aromatic rings. The van der Waals surface area contributed by atoms with Crippen LogP contribution in [0.2, 0.25) is 0 Å². The van der Waals surface area contributed by atoms with Gasteiger partial charge in [-0.25, -0.2) is 4.98 Å². The van der Waals surface area contributed by atoms with E-state index in [-0.39, 0.29) is 0 Å². The third kappa shape index (κ3) is 1.98. The zero-order chi connectivity index (χ0) is 15.0. The summed E-state index contributed by atoms with van der Waals surface area (Å²) < 4.78 is 7.35. The largest absolute Gasteiger partial charge is 0.337 e. The Hall–Kier alpha value is -2.68. The van der Waals surface area contributed by atoms with Gasteiger partial charge in [-0.05, 0) is 25.0 Å². The van der Waals surface area contributed by atoms with Crippen LogP contribution in [0, 0.1) is 11.3 Å². The van der Waals surface area contributed by atoms with Crippen LogP contribution >= 0.6 is 0 Å². The van der Waals surface area contributed by atoms with E-state index in [2.05, 4.69) is 21.2 Å². The number of hydrogen-bond acceptors (Lipinski definition) is 5. The normalized spacial score (nSPS) is 17.4. The average Bonchev–Trinajstić information content (AvgIpc) is 3.24. The Bertz CT molecular complexity index is 851. The van der Waals surface area contributed by atoms with Crippen LogP contribution in [-0.2, 0) is 5.41 Å². The van der Waals surface area contributed by atoms with Crippen molar-refractivity contribution in [3.8, 4) is 17.5 Å². The van der Waals surface area contributed by atoms with Crippen molar-refractivity contribution in [2.24, 2.45) is 0 Å². The molecule has 0 radical (unpaired) electrons. The summed E-state index contributed by atoms with van der Waals surface area (Å²) in [4.78, 5) is 8.60. The summed E-state index contributed by atoms with van der Waals surface area (Å²) in [5.41, 5.74) is 1.25. The fourth-order valence-corrected chi connectivity index (χ4v) is 3.12. The summed E-state index contributed by atoms with van der Waals surface area (Å²) in [5, 5.41) is 13.7. The number of hydrogen-bond donors (Lipinski definition) is 0. The van der Waals surface area contributed by atoms with Gasteiger partial charge in [-0.1, -0.05) is 24.4 Å². The van der Waals surface area contributed by atoms with Crippen LogP contribution in [0.5, 0.6) is 0 Å². The molecule has 0 bridgehead atoms. The van der Waals surface area contributed by atoms with Crippen molar-refractivity contribution in [1.29, 1.82) is 5.26 Å². The van der Waals surface area contributed by atoms with Crippen LogP contribution in [0.1, 0.15) is 38.0 Å². The van der Waals surface area contributed by atoms with Gasteiger partial charge >= 0.3 is 0 Å². The Balaban J connectivity index is 1.72. The number of nitrogens with zero attached hydrogens (tertiary/aromatic N) is 5. The Labute approximate surface area is 127 Å². The fraction of sp³-hybridized carbons (Fsp3) is 0.375. The van der Waals surface area contributed by atoms with Crippen LogP contribution in [0.15, 0.2) is 35.4 Å². The third-order valence-electron chi connectivity index (χ3n) is 4.42. The number of aromatic nitrogens is 4. The van der Waals surface area contributed by atoms with Crippen molar-refractivity contribution in [3.05, 3.63) is 36.7 Å². The monoisotopic (exact) mass is 293 g/mol. The van der Waals surface area contributed by atoms with Gasteiger partial charge in [0, 0.05) is 11.8 Å². The van der Waals surface area contributed by atoms with Crippen molar-refractivity contribution < 1.29 is 4.52 Å². The summed E-state index contributed by atoms with van der Waals surface area (Å²) >= 11 is 0. The lowest BCUT2D eigenvalue weighted by Crippen LogP contribution is -2.27. The van der Waals surface area contributed by atoms with Gasteiger partial charge in [0.25, 0.3) is 0 Å². The second-order valence-electron chi connectivity index (χ2n) is 5.82. The summed E-state index contributed by atoms with van der Waals surface area (Å²) in [6.07, 6.45) is 10.3. The van der Waals surface area contributed by atoms with Crippen molar-refractivity contribution in [1.82, 2.24) is 19.5 Å². The summed E-state index contributed by atoms with van der Waals surface area (Å²) in [6.45, 7) is 0. The van der Waals surface area contributed by atoms with E-state index in [1.807, 2.05) is 22.7 Å². The highest BCUT2D eigenvalue weighted by molar-refractivity contribution is 5.58. The van der Waals surface area contributed by atoms with E-state index in [9.17, 15) is 5.26 Å². The van der Waals surface area contributed by atoms with Crippen LogP contribution in [-0.4, -0.2) is 19.5 Å². The molecule has 0 aliphatic heterocycles. The molecule has 6 nitrogen and oxygen atoms in total. The van der Waals surface area contributed by atoms with Crippen molar-refractivity contribution in [3.63, 3.8) is 0 Å². The van der Waals surface area contributed by atoms with Gasteiger partial charge in [-0.2, -0.15) is 10.2 Å². The molecule has 3 heterocycles. The number of fused-ring (bicyclic) bond motifs is 1. The highest BCUT2D eigenvalue weighted by Gasteiger charge is 2.39. The first-order valence-corrected chi connectivity index (χ1v) is 7.48. The Morgan fingerprint density at radius 3 is 2.91 bits per heavy atom. The Kier molecular flexibility index (Phi) is 2.93. The minimum absolute atomic E-state index is 0.454. The van der Waals surface area contributed by atoms with Crippen molar-refractivity contribution in [2.45, 2.75) is 37.5 Å². The first-order valence-electron chi connectivity index (χ1n) is 7.48. The molecule has 6 heteroatoms. The van der Waals surface area contributed by atoms with E-state index < -0.39 is 5.41 Å². The van der Waals surface area contributed by atoms with Gasteiger partial charge in [-0.3, -0.25) is 0 Å². The maximum Gasteiger partial charge on any atom is 0.247 e. The lowest BCUT2D eigenvalue weighted by atomic mass is 9.75. The fourth-order valence-electron chi connectivity index (χ4n) is 3.12. The predicted molar refractivity (Wildman–Crippen MR) is 78.9 cm³/mol. The molecule has 0 unspecified atom stereocenters. The second kappa shape index (κ2) is 4.95. The zero-order valence-electron chi connectivity index (χ0n) is 12.1. The van der Waals surface area contributed by atoms with Crippen LogP contribution in [0.25, 0.3) is 16.9 Å². The van der Waals surface area contributed by atoms with Crippen molar-refractivity contribution >= 4 is 5.52 Å². The molecule has 0 atom stereocenters. The standard InChI is InChI=1S/C16H15N5O/c17-10-16(6-2-1-3-7-16)15-19-14(20-22-15)12-4-5-13-8-18-11-21(13)9-12/h4-5,8-9,11H,1-3,6-7H2. The van der Waals surface area contributed by atoms with Gasteiger partial charge in [0.15, 0.2) is 0 Å². The molecule has 1 fully saturated rings. The minimum atomic E-state index is -0.609. The van der Waals surface area contributed by atoms with Crippen LogP contribution in [0.4, 0.5) is 0 Å². The van der Waals surface area contributed by atoms with Gasteiger partial charge in [0.1, 0.15) is 5.41 Å². The Morgan fingerprint density at radius 2 is 2.09 bits per heavy atom. The van der Waals surface area contributed by atoms with Gasteiger partial charge in [0.05, 0.1) is 24.1 Å². The van der Waals surface area contributed by atoms with E-state index in [0.717, 1.165) is 36.8 Å².